The molecule has 1 rings (SSSR count). The molecule has 0 saturated heterocycles. The van der Waals surface area contributed by atoms with E-state index in [9.17, 15) is 0 Å². The van der Waals surface area contributed by atoms with Gasteiger partial charge in [0.05, 0.1) is 0 Å². The predicted molar refractivity (Wildman–Crippen MR) is 23.4 cm³/mol. The first-order valence-electron chi connectivity index (χ1n) is 1.63. The quantitative estimate of drug-likeness (QED) is 0.445. The van der Waals surface area contributed by atoms with E-state index >= 15 is 0 Å². The van der Waals surface area contributed by atoms with E-state index in [1.165, 1.54) is 6.33 Å². The van der Waals surface area contributed by atoms with Crippen LogP contribution in [0.1, 0.15) is 0 Å². The van der Waals surface area contributed by atoms with Gasteiger partial charge in [0.25, 0.3) is 0 Å². The third-order valence-electron chi connectivity index (χ3n) is 0.372. The van der Waals surface area contributed by atoms with E-state index in [0.29, 0.717) is 0 Å². The Morgan fingerprint density at radius 3 is 2.25 bits per heavy atom. The van der Waals surface area contributed by atoms with Gasteiger partial charge in [-0.3, -0.25) is 0 Å². The van der Waals surface area contributed by atoms with Gasteiger partial charge < -0.3 is 22.4 Å². The van der Waals surface area contributed by atoms with Crippen molar-refractivity contribution in [2.75, 3.05) is 0 Å². The molecule has 8 heavy (non-hydrogen) atoms. The van der Waals surface area contributed by atoms with Crippen LogP contribution in [0.15, 0.2) is 18.7 Å². The second-order valence-electron chi connectivity index (χ2n) is 0.712. The first kappa shape index (κ1) is 11.2. The smallest absolute Gasteiger partial charge is 0.0843 e. The molecule has 0 atom stereocenters. The number of rotatable bonds is 0. The Morgan fingerprint density at radius 2 is 2.12 bits per heavy atom. The molecule has 1 heterocycles. The zero-order valence-electron chi connectivity index (χ0n) is 4.09. The van der Waals surface area contributed by atoms with Crippen LogP contribution in [0, 0.1) is 0 Å². The molecule has 0 unspecified atom stereocenters. The first-order valence-corrected chi connectivity index (χ1v) is 5.53. The summed E-state index contributed by atoms with van der Waals surface area (Å²) in [6.07, 6.45) is 4.78. The van der Waals surface area contributed by atoms with Crippen molar-refractivity contribution in [1.29, 1.82) is 0 Å². The first-order chi connectivity index (χ1) is 3.50. The van der Waals surface area contributed by atoms with Crippen LogP contribution < -0.4 is 17.4 Å². The van der Waals surface area contributed by atoms with Gasteiger partial charge in [-0.15, -0.1) is 0 Å². The average molecular weight is 203 g/mol. The van der Waals surface area contributed by atoms with Crippen molar-refractivity contribution in [1.82, 2.24) is 9.97 Å². The molecule has 0 aliphatic rings. The normalized spacial score (nSPS) is 5.88. The molecule has 1 aromatic rings. The molecule has 1 aromatic heterocycles. The monoisotopic (exact) mass is 201 g/mol. The summed E-state index contributed by atoms with van der Waals surface area (Å²) in [5.41, 5.74) is 0. The fraction of sp³-hybridized carbons (Fsp3) is 0. The summed E-state index contributed by atoms with van der Waals surface area (Å²) in [5.74, 6) is 0. The van der Waals surface area contributed by atoms with Gasteiger partial charge in [0, 0.05) is 0 Å². The van der Waals surface area contributed by atoms with Crippen LogP contribution in [0.3, 0.4) is 0 Å². The van der Waals surface area contributed by atoms with Crippen LogP contribution in [-0.4, -0.2) is 4.98 Å². The minimum absolute atomic E-state index is 0. The average Bonchev–Trinajstić information content (AvgIpc) is 2.23. The predicted octanol–water partition coefficient (Wildman–Crippen LogP) is -2.27. The van der Waals surface area contributed by atoms with Crippen molar-refractivity contribution in [2.45, 2.75) is 0 Å². The van der Waals surface area contributed by atoms with Crippen molar-refractivity contribution in [3.05, 3.63) is 18.7 Å². The van der Waals surface area contributed by atoms with Gasteiger partial charge in [-0.1, -0.05) is 18.7 Å². The van der Waals surface area contributed by atoms with Crippen LogP contribution in [0.5, 0.6) is 0 Å². The Balaban J connectivity index is 0. The summed E-state index contributed by atoms with van der Waals surface area (Å²) in [5, 5.41) is 0. The van der Waals surface area contributed by atoms with Crippen molar-refractivity contribution in [3.63, 3.8) is 0 Å². The molecule has 2 nitrogen and oxygen atoms in total. The molecule has 0 N–H and O–H groups in total. The van der Waals surface area contributed by atoms with Gasteiger partial charge >= 0.3 is 27.0 Å². The van der Waals surface area contributed by atoms with Crippen molar-refractivity contribution in [3.8, 4) is 0 Å². The Morgan fingerprint density at radius 1 is 1.50 bits per heavy atom. The maximum Gasteiger partial charge on any atom is -0.0843 e. The SMILES string of the molecule is [Cl-].[Cl][Zn+].c1c[n-]cn1. The third kappa shape index (κ3) is 6.41. The number of imidazole rings is 1. The van der Waals surface area contributed by atoms with Crippen LogP contribution >= 0.6 is 9.69 Å². The van der Waals surface area contributed by atoms with Gasteiger partial charge in [0.2, 0.25) is 0 Å². The Bertz CT molecular complexity index is 71.8. The molecule has 0 saturated carbocycles. The largest absolute Gasteiger partial charge is 0.450 e. The standard InChI is InChI=1S/C3H3N2.2ClH.Zn/c1-2-5-3-4-1;;;/h1-3H;2*1H;/q-1;;;+2/p-2. The Hall–Kier alpha value is 0.413. The molecule has 0 radical (unpaired) electrons. The van der Waals surface area contributed by atoms with E-state index in [4.69, 9.17) is 9.69 Å². The molecular weight excluding hydrogens is 200 g/mol. The molecule has 0 amide bonds. The molecule has 0 bridgehead atoms. The number of halogens is 2. The maximum atomic E-state index is 4.76. The summed E-state index contributed by atoms with van der Waals surface area (Å²) in [6, 6.07) is 0. The molecule has 0 fully saturated rings. The summed E-state index contributed by atoms with van der Waals surface area (Å²) in [6.45, 7) is 0. The Labute approximate surface area is 68.2 Å². The van der Waals surface area contributed by atoms with E-state index in [0.717, 1.165) is 17.3 Å². The van der Waals surface area contributed by atoms with E-state index in [-0.39, 0.29) is 12.4 Å². The second-order valence-corrected chi connectivity index (χ2v) is 0.712. The molecule has 0 spiro atoms. The van der Waals surface area contributed by atoms with Gasteiger partial charge in [0.15, 0.2) is 0 Å². The maximum absolute atomic E-state index is 4.76. The van der Waals surface area contributed by atoms with Crippen LogP contribution in [0.2, 0.25) is 0 Å². The van der Waals surface area contributed by atoms with Crippen LogP contribution in [0.4, 0.5) is 0 Å². The van der Waals surface area contributed by atoms with Gasteiger partial charge in [-0.05, 0) is 0 Å². The molecule has 0 aromatic carbocycles. The van der Waals surface area contributed by atoms with Crippen molar-refractivity contribution >= 4 is 9.69 Å². The summed E-state index contributed by atoms with van der Waals surface area (Å²) in [7, 11) is 4.76. The zero-order chi connectivity index (χ0) is 5.54. The summed E-state index contributed by atoms with van der Waals surface area (Å²) >= 11 is 0.847. The molecule has 5 heteroatoms. The second kappa shape index (κ2) is 10.4. The topological polar surface area (TPSA) is 27.0 Å². The van der Waals surface area contributed by atoms with Crippen LogP contribution in [-0.2, 0) is 17.3 Å². The number of nitrogens with zero attached hydrogens (tertiary/aromatic N) is 2. The molecular formula is C3H3Cl2N2Zn-. The van der Waals surface area contributed by atoms with E-state index in [1.54, 1.807) is 12.4 Å². The van der Waals surface area contributed by atoms with E-state index in [1.807, 2.05) is 0 Å². The third-order valence-corrected chi connectivity index (χ3v) is 0.372. The number of aromatic nitrogens is 2. The summed E-state index contributed by atoms with van der Waals surface area (Å²) in [4.78, 5) is 7.22. The van der Waals surface area contributed by atoms with Crippen LogP contribution in [0.25, 0.3) is 0 Å². The van der Waals surface area contributed by atoms with Gasteiger partial charge in [-0.25, -0.2) is 0 Å². The van der Waals surface area contributed by atoms with E-state index in [2.05, 4.69) is 9.97 Å². The number of hydrogen-bond acceptors (Lipinski definition) is 1. The Kier molecular flexibility index (Phi) is 14.6. The fourth-order valence-electron chi connectivity index (χ4n) is 0.192. The zero-order valence-corrected chi connectivity index (χ0v) is 8.57. The van der Waals surface area contributed by atoms with Crippen molar-refractivity contribution in [2.24, 2.45) is 0 Å². The summed E-state index contributed by atoms with van der Waals surface area (Å²) < 4.78 is 0. The fourth-order valence-corrected chi connectivity index (χ4v) is 0.192. The van der Waals surface area contributed by atoms with E-state index < -0.39 is 0 Å². The minimum Gasteiger partial charge on any atom is -0.450 e. The molecule has 0 aliphatic heterocycles. The molecule has 42 valence electrons. The van der Waals surface area contributed by atoms with Crippen molar-refractivity contribution < 1.29 is 29.7 Å². The number of hydrogen-bond donors (Lipinski definition) is 0. The van der Waals surface area contributed by atoms with Gasteiger partial charge in [-0.2, -0.15) is 0 Å². The minimum atomic E-state index is 0. The molecule has 0 aliphatic carbocycles. The van der Waals surface area contributed by atoms with Gasteiger partial charge in [0.1, 0.15) is 0 Å².